The van der Waals surface area contributed by atoms with Crippen LogP contribution in [0.5, 0.6) is 11.5 Å². The maximum absolute atomic E-state index is 11.3. The average molecular weight is 446 g/mol. The van der Waals surface area contributed by atoms with E-state index in [9.17, 15) is 9.90 Å². The topological polar surface area (TPSA) is 67.8 Å². The number of nitrogens with one attached hydrogen (secondary N) is 1. The number of aromatic carboxylic acids is 1. The van der Waals surface area contributed by atoms with Gasteiger partial charge in [0.2, 0.25) is 0 Å². The molecule has 0 amide bonds. The third-order valence-electron chi connectivity index (χ3n) is 4.67. The number of carboxylic acid groups (broad SMARTS) is 1. The molecule has 156 valence electrons. The largest absolute Gasteiger partial charge is 0.493 e. The van der Waals surface area contributed by atoms with Gasteiger partial charge in [-0.15, -0.1) is 0 Å². The molecule has 0 fully saturated rings. The molecule has 0 aromatic heterocycles. The molecule has 0 atom stereocenters. The van der Waals surface area contributed by atoms with Crippen LogP contribution in [-0.4, -0.2) is 18.2 Å². The molecule has 0 aliphatic rings. The van der Waals surface area contributed by atoms with Crippen LogP contribution in [0, 0.1) is 6.92 Å². The Balaban J connectivity index is 1.76. The number of hydrogen-bond donors (Lipinski definition) is 2. The predicted octanol–water partition coefficient (Wildman–Crippen LogP) is 6.20. The summed E-state index contributed by atoms with van der Waals surface area (Å²) in [6.07, 6.45) is 0. The van der Waals surface area contributed by atoms with Gasteiger partial charge in [-0.05, 0) is 48.4 Å². The molecule has 0 aliphatic carbocycles. The van der Waals surface area contributed by atoms with Crippen molar-refractivity contribution in [3.63, 3.8) is 0 Å². The SMILES string of the molecule is COc1cc(CNc2cccc(C(=O)O)c2C)cc(Cl)c1OCc1ccccc1Cl. The summed E-state index contributed by atoms with van der Waals surface area (Å²) >= 11 is 12.6. The molecule has 3 rings (SSSR count). The fourth-order valence-corrected chi connectivity index (χ4v) is 3.51. The zero-order valence-electron chi connectivity index (χ0n) is 16.5. The minimum atomic E-state index is -0.958. The molecule has 0 bridgehead atoms. The molecule has 0 heterocycles. The van der Waals surface area contributed by atoms with Gasteiger partial charge in [-0.1, -0.05) is 47.5 Å². The van der Waals surface area contributed by atoms with Gasteiger partial charge >= 0.3 is 5.97 Å². The molecule has 7 heteroatoms. The Kier molecular flexibility index (Phi) is 7.08. The van der Waals surface area contributed by atoms with Crippen molar-refractivity contribution >= 4 is 34.9 Å². The molecule has 30 heavy (non-hydrogen) atoms. The van der Waals surface area contributed by atoms with Gasteiger partial charge in [0, 0.05) is 22.8 Å². The van der Waals surface area contributed by atoms with Gasteiger partial charge in [0.1, 0.15) is 6.61 Å². The highest BCUT2D eigenvalue weighted by Crippen LogP contribution is 2.37. The van der Waals surface area contributed by atoms with Crippen LogP contribution in [-0.2, 0) is 13.2 Å². The van der Waals surface area contributed by atoms with Gasteiger partial charge in [-0.25, -0.2) is 4.79 Å². The van der Waals surface area contributed by atoms with Crippen molar-refractivity contribution in [2.24, 2.45) is 0 Å². The van der Waals surface area contributed by atoms with Crippen molar-refractivity contribution in [2.75, 3.05) is 12.4 Å². The lowest BCUT2D eigenvalue weighted by molar-refractivity contribution is 0.0696. The Labute approximate surface area is 185 Å². The number of hydrogen-bond acceptors (Lipinski definition) is 4. The summed E-state index contributed by atoms with van der Waals surface area (Å²) in [7, 11) is 1.55. The highest BCUT2D eigenvalue weighted by atomic mass is 35.5. The summed E-state index contributed by atoms with van der Waals surface area (Å²) in [6.45, 7) is 2.46. The molecule has 0 unspecified atom stereocenters. The van der Waals surface area contributed by atoms with Gasteiger partial charge in [0.25, 0.3) is 0 Å². The van der Waals surface area contributed by atoms with E-state index in [1.54, 1.807) is 38.3 Å². The zero-order valence-corrected chi connectivity index (χ0v) is 18.1. The zero-order chi connectivity index (χ0) is 21.7. The summed E-state index contributed by atoms with van der Waals surface area (Å²) in [4.78, 5) is 11.3. The maximum atomic E-state index is 11.3. The number of benzene rings is 3. The number of rotatable bonds is 8. The minimum Gasteiger partial charge on any atom is -0.493 e. The van der Waals surface area contributed by atoms with Gasteiger partial charge < -0.3 is 19.9 Å². The van der Waals surface area contributed by atoms with Crippen LogP contribution < -0.4 is 14.8 Å². The van der Waals surface area contributed by atoms with Crippen molar-refractivity contribution in [1.29, 1.82) is 0 Å². The Hall–Kier alpha value is -2.89. The Morgan fingerprint density at radius 1 is 1.07 bits per heavy atom. The molecule has 3 aromatic carbocycles. The first-order valence-electron chi connectivity index (χ1n) is 9.20. The van der Waals surface area contributed by atoms with Crippen molar-refractivity contribution < 1.29 is 19.4 Å². The van der Waals surface area contributed by atoms with Crippen LogP contribution in [0.4, 0.5) is 5.69 Å². The van der Waals surface area contributed by atoms with Crippen LogP contribution in [0.2, 0.25) is 10.0 Å². The summed E-state index contributed by atoms with van der Waals surface area (Å²) in [5, 5.41) is 13.6. The van der Waals surface area contributed by atoms with E-state index in [2.05, 4.69) is 5.32 Å². The summed E-state index contributed by atoms with van der Waals surface area (Å²) in [5.41, 5.74) is 3.38. The highest BCUT2D eigenvalue weighted by molar-refractivity contribution is 6.32. The summed E-state index contributed by atoms with van der Waals surface area (Å²) in [6, 6.07) is 16.2. The van der Waals surface area contributed by atoms with E-state index in [0.29, 0.717) is 33.7 Å². The monoisotopic (exact) mass is 445 g/mol. The fourth-order valence-electron chi connectivity index (χ4n) is 3.04. The van der Waals surface area contributed by atoms with E-state index < -0.39 is 5.97 Å². The van der Waals surface area contributed by atoms with Gasteiger partial charge in [0.05, 0.1) is 17.7 Å². The van der Waals surface area contributed by atoms with E-state index in [4.69, 9.17) is 32.7 Å². The van der Waals surface area contributed by atoms with Crippen LogP contribution >= 0.6 is 23.2 Å². The lowest BCUT2D eigenvalue weighted by atomic mass is 10.1. The average Bonchev–Trinajstić information content (AvgIpc) is 2.72. The van der Waals surface area contributed by atoms with E-state index >= 15 is 0 Å². The first kappa shape index (κ1) is 21.8. The third-order valence-corrected chi connectivity index (χ3v) is 5.32. The van der Waals surface area contributed by atoms with Gasteiger partial charge in [-0.2, -0.15) is 0 Å². The van der Waals surface area contributed by atoms with E-state index in [0.717, 1.165) is 16.8 Å². The molecule has 0 spiro atoms. The number of methoxy groups -OCH3 is 1. The molecule has 5 nitrogen and oxygen atoms in total. The van der Waals surface area contributed by atoms with Gasteiger partial charge in [0.15, 0.2) is 11.5 Å². The van der Waals surface area contributed by atoms with Crippen molar-refractivity contribution in [2.45, 2.75) is 20.1 Å². The molecule has 0 aliphatic heterocycles. The summed E-state index contributed by atoms with van der Waals surface area (Å²) in [5.74, 6) is -0.0184. The number of halogens is 2. The smallest absolute Gasteiger partial charge is 0.336 e. The Morgan fingerprint density at radius 2 is 1.83 bits per heavy atom. The standard InChI is InChI=1S/C23H21Cl2NO4/c1-14-17(23(27)28)7-5-9-20(14)26-12-15-10-19(25)22(21(11-15)29-2)30-13-16-6-3-4-8-18(16)24/h3-11,26H,12-13H2,1-2H3,(H,27,28). The van der Waals surface area contributed by atoms with Crippen molar-refractivity contribution in [3.05, 3.63) is 86.9 Å². The quantitative estimate of drug-likeness (QED) is 0.431. The molecule has 0 saturated heterocycles. The van der Waals surface area contributed by atoms with E-state index in [1.807, 2.05) is 30.3 Å². The van der Waals surface area contributed by atoms with Crippen LogP contribution in [0.3, 0.4) is 0 Å². The lowest BCUT2D eigenvalue weighted by Gasteiger charge is -2.16. The number of carbonyl (C=O) groups is 1. The second-order valence-electron chi connectivity index (χ2n) is 6.63. The molecule has 0 saturated carbocycles. The van der Waals surface area contributed by atoms with E-state index in [1.165, 1.54) is 0 Å². The molecule has 3 aromatic rings. The lowest BCUT2D eigenvalue weighted by Crippen LogP contribution is -2.06. The number of anilines is 1. The molecular formula is C23H21Cl2NO4. The van der Waals surface area contributed by atoms with Crippen LogP contribution in [0.25, 0.3) is 0 Å². The van der Waals surface area contributed by atoms with Crippen molar-refractivity contribution in [1.82, 2.24) is 0 Å². The molecule has 0 radical (unpaired) electrons. The molecule has 2 N–H and O–H groups in total. The number of carboxylic acids is 1. The first-order valence-corrected chi connectivity index (χ1v) is 9.95. The summed E-state index contributed by atoms with van der Waals surface area (Å²) < 4.78 is 11.3. The Morgan fingerprint density at radius 3 is 2.53 bits per heavy atom. The van der Waals surface area contributed by atoms with Crippen LogP contribution in [0.1, 0.15) is 27.0 Å². The Bertz CT molecular complexity index is 1070. The normalized spacial score (nSPS) is 10.5. The fraction of sp³-hybridized carbons (Fsp3) is 0.174. The first-order chi connectivity index (χ1) is 14.4. The second kappa shape index (κ2) is 9.74. The van der Waals surface area contributed by atoms with Crippen LogP contribution in [0.15, 0.2) is 54.6 Å². The molecular weight excluding hydrogens is 425 g/mol. The highest BCUT2D eigenvalue weighted by Gasteiger charge is 2.14. The van der Waals surface area contributed by atoms with Gasteiger partial charge in [-0.3, -0.25) is 0 Å². The minimum absolute atomic E-state index is 0.258. The van der Waals surface area contributed by atoms with Crippen molar-refractivity contribution in [3.8, 4) is 11.5 Å². The maximum Gasteiger partial charge on any atom is 0.336 e. The second-order valence-corrected chi connectivity index (χ2v) is 7.44. The third kappa shape index (κ3) is 4.99. The van der Waals surface area contributed by atoms with E-state index in [-0.39, 0.29) is 12.2 Å². The predicted molar refractivity (Wildman–Crippen MR) is 119 cm³/mol. The number of ether oxygens (including phenoxy) is 2.